The van der Waals surface area contributed by atoms with E-state index in [-0.39, 0.29) is 33.1 Å². The number of aryl methyl sites for hydroxylation is 1. The highest BCUT2D eigenvalue weighted by atomic mass is 32.2. The summed E-state index contributed by atoms with van der Waals surface area (Å²) in [7, 11) is -4.95. The van der Waals surface area contributed by atoms with Gasteiger partial charge in [-0.05, 0) is 70.6 Å². The molecule has 2 unspecified atom stereocenters. The van der Waals surface area contributed by atoms with Gasteiger partial charge in [-0.25, -0.2) is 17.4 Å². The SMILES string of the molecule is CC[C@@H]1CC(C(=N)CS(=O)C(C)(C)C)C[C@@H]1c1nnc2cnc3c(ccn3S(=O)(=O)c3ccc(C)cc3)n12. The molecule has 1 aliphatic rings. The first-order chi connectivity index (χ1) is 17.9. The van der Waals surface area contributed by atoms with Gasteiger partial charge in [-0.1, -0.05) is 31.0 Å². The summed E-state index contributed by atoms with van der Waals surface area (Å²) < 4.78 is 42.4. The lowest BCUT2D eigenvalue weighted by atomic mass is 9.93. The van der Waals surface area contributed by atoms with Crippen LogP contribution in [0.3, 0.4) is 0 Å². The second-order valence-electron chi connectivity index (χ2n) is 11.2. The summed E-state index contributed by atoms with van der Waals surface area (Å²) >= 11 is 0. The molecule has 4 atom stereocenters. The van der Waals surface area contributed by atoms with Gasteiger partial charge in [0.15, 0.2) is 11.3 Å². The smallest absolute Gasteiger partial charge is 0.269 e. The van der Waals surface area contributed by atoms with Crippen molar-refractivity contribution in [3.8, 4) is 0 Å². The quantitative estimate of drug-likeness (QED) is 0.330. The Morgan fingerprint density at radius 3 is 2.50 bits per heavy atom. The number of nitrogens with one attached hydrogen (secondary N) is 1. The molecule has 0 radical (unpaired) electrons. The van der Waals surface area contributed by atoms with E-state index >= 15 is 0 Å². The molecule has 1 N–H and O–H groups in total. The average molecular weight is 555 g/mol. The fraction of sp³-hybridized carbons (Fsp3) is 0.481. The minimum atomic E-state index is -3.84. The maximum Gasteiger partial charge on any atom is 0.269 e. The van der Waals surface area contributed by atoms with Crippen LogP contribution in [0.1, 0.15) is 64.3 Å². The van der Waals surface area contributed by atoms with Crippen LogP contribution in [0.5, 0.6) is 0 Å². The molecule has 202 valence electrons. The van der Waals surface area contributed by atoms with Gasteiger partial charge in [0.25, 0.3) is 10.0 Å². The second-order valence-corrected chi connectivity index (χ2v) is 15.2. The normalized spacial score (nSPS) is 21.3. The van der Waals surface area contributed by atoms with Crippen LogP contribution in [0.15, 0.2) is 47.6 Å². The van der Waals surface area contributed by atoms with Crippen LogP contribution in [-0.2, 0) is 20.8 Å². The van der Waals surface area contributed by atoms with E-state index in [0.29, 0.717) is 22.5 Å². The fourth-order valence-corrected chi connectivity index (χ4v) is 7.61. The molecule has 1 fully saturated rings. The maximum atomic E-state index is 13.4. The molecule has 1 saturated carbocycles. The van der Waals surface area contributed by atoms with Crippen LogP contribution < -0.4 is 0 Å². The van der Waals surface area contributed by atoms with Gasteiger partial charge < -0.3 is 5.41 Å². The third-order valence-corrected chi connectivity index (χ3v) is 11.3. The van der Waals surface area contributed by atoms with Crippen molar-refractivity contribution in [2.75, 3.05) is 5.75 Å². The molecular weight excluding hydrogens is 520 g/mol. The van der Waals surface area contributed by atoms with Gasteiger partial charge in [-0.2, -0.15) is 0 Å². The van der Waals surface area contributed by atoms with Crippen LogP contribution in [-0.4, -0.2) is 52.4 Å². The monoisotopic (exact) mass is 554 g/mol. The minimum Gasteiger partial charge on any atom is -0.308 e. The third-order valence-electron chi connectivity index (χ3n) is 7.65. The molecule has 0 spiro atoms. The fourth-order valence-electron chi connectivity index (χ4n) is 5.36. The number of rotatable bonds is 7. The molecule has 1 aromatic carbocycles. The van der Waals surface area contributed by atoms with E-state index in [4.69, 9.17) is 5.41 Å². The standard InChI is InChI=1S/C27H34N6O3S2/c1-6-18-13-19(22(28)16-37(34)27(3,4)5)14-21(18)25-31-30-24-15-29-26-23(33(24)25)11-12-32(26)38(35,36)20-9-7-17(2)8-10-20/h7-12,15,18-19,21,28H,6,13-14,16H2,1-5H3/t18-,19?,21+,37?/m1/s1. The molecule has 3 aromatic heterocycles. The van der Waals surface area contributed by atoms with Gasteiger partial charge in [0.2, 0.25) is 0 Å². The van der Waals surface area contributed by atoms with Crippen LogP contribution in [0.2, 0.25) is 0 Å². The van der Waals surface area contributed by atoms with Crippen molar-refractivity contribution in [1.29, 1.82) is 5.41 Å². The van der Waals surface area contributed by atoms with E-state index in [9.17, 15) is 12.6 Å². The van der Waals surface area contributed by atoms with Gasteiger partial charge >= 0.3 is 0 Å². The highest BCUT2D eigenvalue weighted by molar-refractivity contribution is 7.90. The van der Waals surface area contributed by atoms with E-state index < -0.39 is 20.8 Å². The molecule has 4 aromatic rings. The van der Waals surface area contributed by atoms with E-state index in [2.05, 4.69) is 22.1 Å². The topological polar surface area (TPSA) is 123 Å². The number of aromatic nitrogens is 5. The molecule has 38 heavy (non-hydrogen) atoms. The van der Waals surface area contributed by atoms with Gasteiger partial charge in [0, 0.05) is 33.4 Å². The van der Waals surface area contributed by atoms with Crippen molar-refractivity contribution in [1.82, 2.24) is 23.6 Å². The molecule has 5 rings (SSSR count). The van der Waals surface area contributed by atoms with E-state index in [1.807, 2.05) is 32.1 Å². The average Bonchev–Trinajstić information content (AvgIpc) is 3.59. The van der Waals surface area contributed by atoms with Crippen LogP contribution in [0.4, 0.5) is 0 Å². The summed E-state index contributed by atoms with van der Waals surface area (Å²) in [6, 6.07) is 8.50. The second kappa shape index (κ2) is 9.68. The molecule has 0 bridgehead atoms. The Hall–Kier alpha value is -2.92. The molecule has 3 heterocycles. The predicted molar refractivity (Wildman–Crippen MR) is 150 cm³/mol. The summed E-state index contributed by atoms with van der Waals surface area (Å²) in [5.74, 6) is 1.42. The Morgan fingerprint density at radius 2 is 1.84 bits per heavy atom. The van der Waals surface area contributed by atoms with Crippen molar-refractivity contribution in [3.63, 3.8) is 0 Å². The summed E-state index contributed by atoms with van der Waals surface area (Å²) in [5.41, 5.74) is 3.01. The molecule has 0 aliphatic heterocycles. The Bertz CT molecular complexity index is 1650. The van der Waals surface area contributed by atoms with Crippen LogP contribution >= 0.6 is 0 Å². The number of fused-ring (bicyclic) bond motifs is 3. The van der Waals surface area contributed by atoms with Crippen molar-refractivity contribution in [2.45, 2.75) is 69.4 Å². The number of hydrogen-bond donors (Lipinski definition) is 1. The Morgan fingerprint density at radius 1 is 1.13 bits per heavy atom. The predicted octanol–water partition coefficient (Wildman–Crippen LogP) is 4.71. The summed E-state index contributed by atoms with van der Waals surface area (Å²) in [5, 5.41) is 17.6. The molecule has 11 heteroatoms. The number of benzene rings is 1. The van der Waals surface area contributed by atoms with Crippen molar-refractivity contribution >= 4 is 43.3 Å². The highest BCUT2D eigenvalue weighted by Crippen LogP contribution is 2.45. The first-order valence-corrected chi connectivity index (χ1v) is 15.7. The Labute approximate surface area is 225 Å². The highest BCUT2D eigenvalue weighted by Gasteiger charge is 2.39. The van der Waals surface area contributed by atoms with E-state index in [1.54, 1.807) is 36.5 Å². The zero-order valence-electron chi connectivity index (χ0n) is 22.4. The van der Waals surface area contributed by atoms with Gasteiger partial charge in [-0.15, -0.1) is 10.2 Å². The van der Waals surface area contributed by atoms with Gasteiger partial charge in [-0.3, -0.25) is 8.61 Å². The zero-order valence-corrected chi connectivity index (χ0v) is 24.0. The van der Waals surface area contributed by atoms with Crippen molar-refractivity contribution < 1.29 is 12.6 Å². The minimum absolute atomic E-state index is 0.0347. The Balaban J connectivity index is 1.52. The Kier molecular flexibility index (Phi) is 6.79. The first kappa shape index (κ1) is 26.7. The number of hydrogen-bond acceptors (Lipinski definition) is 7. The molecule has 0 saturated heterocycles. The zero-order chi connectivity index (χ0) is 27.4. The molecule has 9 nitrogen and oxygen atoms in total. The van der Waals surface area contributed by atoms with Gasteiger partial charge in [0.05, 0.1) is 22.4 Å². The summed E-state index contributed by atoms with van der Waals surface area (Å²) in [4.78, 5) is 4.65. The van der Waals surface area contributed by atoms with Crippen molar-refractivity contribution in [3.05, 3.63) is 54.1 Å². The molecule has 1 aliphatic carbocycles. The largest absolute Gasteiger partial charge is 0.308 e. The summed E-state index contributed by atoms with van der Waals surface area (Å²) in [6.07, 6.45) is 5.58. The first-order valence-electron chi connectivity index (χ1n) is 12.9. The van der Waals surface area contributed by atoms with Crippen molar-refractivity contribution in [2.24, 2.45) is 11.8 Å². The third kappa shape index (κ3) is 4.59. The van der Waals surface area contributed by atoms with Crippen LogP contribution in [0, 0.1) is 24.2 Å². The molecule has 0 amide bonds. The van der Waals surface area contributed by atoms with E-state index in [1.165, 1.54) is 10.2 Å². The lowest BCUT2D eigenvalue weighted by molar-refractivity contribution is 0.450. The number of nitrogens with zero attached hydrogens (tertiary/aromatic N) is 5. The van der Waals surface area contributed by atoms with E-state index in [0.717, 1.165) is 30.7 Å². The lowest BCUT2D eigenvalue weighted by Crippen LogP contribution is -2.29. The van der Waals surface area contributed by atoms with Crippen LogP contribution in [0.25, 0.3) is 16.8 Å². The van der Waals surface area contributed by atoms with Gasteiger partial charge in [0.1, 0.15) is 5.82 Å². The lowest BCUT2D eigenvalue weighted by Gasteiger charge is -2.20. The maximum absolute atomic E-state index is 13.4. The molecular formula is C27H34N6O3S2. The summed E-state index contributed by atoms with van der Waals surface area (Å²) in [6.45, 7) is 9.87.